The Morgan fingerprint density at radius 3 is 2.62 bits per heavy atom. The molecule has 0 heterocycles. The van der Waals surface area contributed by atoms with Crippen LogP contribution < -0.4 is 5.43 Å². The molecule has 2 aromatic carbocycles. The van der Waals surface area contributed by atoms with Gasteiger partial charge >= 0.3 is 0 Å². The summed E-state index contributed by atoms with van der Waals surface area (Å²) in [6.07, 6.45) is 6.79. The molecule has 4 nitrogen and oxygen atoms in total. The molecule has 2 N–H and O–H groups in total. The summed E-state index contributed by atoms with van der Waals surface area (Å²) in [5, 5.41) is 11.8. The van der Waals surface area contributed by atoms with Crippen molar-refractivity contribution >= 4 is 5.91 Å². The number of aliphatic hydroxyl groups is 1. The van der Waals surface area contributed by atoms with Crippen LogP contribution in [0.15, 0.2) is 54.6 Å². The molecule has 0 aliphatic carbocycles. The van der Waals surface area contributed by atoms with Crippen molar-refractivity contribution in [3.05, 3.63) is 71.3 Å². The van der Waals surface area contributed by atoms with E-state index in [1.807, 2.05) is 54.6 Å². The average Bonchev–Trinajstić information content (AvgIpc) is 2.65. The van der Waals surface area contributed by atoms with Gasteiger partial charge in [-0.15, -0.1) is 6.42 Å². The van der Waals surface area contributed by atoms with Gasteiger partial charge < -0.3 is 5.11 Å². The fourth-order valence-corrected chi connectivity index (χ4v) is 2.76. The Hall–Kier alpha value is -2.61. The molecule has 0 saturated heterocycles. The predicted octanol–water partition coefficient (Wildman–Crippen LogP) is 2.56. The molecule has 1 atom stereocenters. The smallest absolute Gasteiger partial charge is 0.233 e. The van der Waals surface area contributed by atoms with Crippen molar-refractivity contribution in [2.45, 2.75) is 32.3 Å². The maximum absolute atomic E-state index is 11.8. The topological polar surface area (TPSA) is 52.6 Å². The Morgan fingerprint density at radius 1 is 1.19 bits per heavy atom. The van der Waals surface area contributed by atoms with Crippen LogP contribution in [0.1, 0.15) is 30.0 Å². The lowest BCUT2D eigenvalue weighted by molar-refractivity contribution is -0.132. The van der Waals surface area contributed by atoms with Gasteiger partial charge in [0.15, 0.2) is 0 Å². The zero-order chi connectivity index (χ0) is 18.8. The molecular weight excluding hydrogens is 324 g/mol. The minimum absolute atomic E-state index is 0.0304. The first-order valence-corrected chi connectivity index (χ1v) is 8.87. The van der Waals surface area contributed by atoms with Gasteiger partial charge in [-0.3, -0.25) is 9.80 Å². The van der Waals surface area contributed by atoms with Gasteiger partial charge in [0.1, 0.15) is 0 Å². The van der Waals surface area contributed by atoms with E-state index in [2.05, 4.69) is 11.3 Å². The number of hydrogen-bond donors (Lipinski definition) is 2. The molecular formula is C22H26N2O2. The van der Waals surface area contributed by atoms with Crippen molar-refractivity contribution < 1.29 is 9.90 Å². The van der Waals surface area contributed by atoms with Crippen LogP contribution in [0.3, 0.4) is 0 Å². The molecule has 0 aromatic heterocycles. The second-order valence-electron chi connectivity index (χ2n) is 6.31. The third-order valence-corrected chi connectivity index (χ3v) is 4.19. The van der Waals surface area contributed by atoms with Crippen LogP contribution in [0.2, 0.25) is 0 Å². The van der Waals surface area contributed by atoms with Crippen LogP contribution in [0.4, 0.5) is 0 Å². The van der Waals surface area contributed by atoms with Crippen LogP contribution in [0.25, 0.3) is 0 Å². The number of aliphatic hydroxyl groups excluding tert-OH is 1. The van der Waals surface area contributed by atoms with E-state index in [4.69, 9.17) is 6.42 Å². The van der Waals surface area contributed by atoms with Crippen molar-refractivity contribution in [1.82, 2.24) is 10.4 Å². The third kappa shape index (κ3) is 6.72. The fourth-order valence-electron chi connectivity index (χ4n) is 2.76. The van der Waals surface area contributed by atoms with Crippen molar-refractivity contribution in [3.63, 3.8) is 0 Å². The standard InChI is InChI=1S/C22H26N2O2/c1-3-19-10-7-11-21(16-19)17-22(26)12-14-23-24(18(2)25)15-13-20-8-5-4-6-9-20/h1,4-11,16,22-23,26H,12-15,17H2,2H3. The molecule has 4 heteroatoms. The van der Waals surface area contributed by atoms with E-state index in [0.29, 0.717) is 25.9 Å². The minimum atomic E-state index is -0.488. The normalized spacial score (nSPS) is 11.6. The molecule has 0 radical (unpaired) electrons. The zero-order valence-electron chi connectivity index (χ0n) is 15.2. The molecule has 1 amide bonds. The fraction of sp³-hybridized carbons (Fsp3) is 0.318. The van der Waals surface area contributed by atoms with E-state index >= 15 is 0 Å². The number of rotatable bonds is 9. The lowest BCUT2D eigenvalue weighted by atomic mass is 10.0. The summed E-state index contributed by atoms with van der Waals surface area (Å²) in [5.74, 6) is 2.57. The van der Waals surface area contributed by atoms with Gasteiger partial charge in [-0.25, -0.2) is 5.43 Å². The van der Waals surface area contributed by atoms with Crippen molar-refractivity contribution in [2.24, 2.45) is 0 Å². The van der Waals surface area contributed by atoms with Gasteiger partial charge in [0.05, 0.1) is 6.10 Å². The van der Waals surface area contributed by atoms with E-state index in [1.165, 1.54) is 5.56 Å². The number of benzene rings is 2. The van der Waals surface area contributed by atoms with Crippen molar-refractivity contribution in [3.8, 4) is 12.3 Å². The third-order valence-electron chi connectivity index (χ3n) is 4.19. The van der Waals surface area contributed by atoms with Gasteiger partial charge in [0.2, 0.25) is 5.91 Å². The van der Waals surface area contributed by atoms with Crippen molar-refractivity contribution in [2.75, 3.05) is 13.1 Å². The monoisotopic (exact) mass is 350 g/mol. The largest absolute Gasteiger partial charge is 0.393 e. The van der Waals surface area contributed by atoms with Crippen molar-refractivity contribution in [1.29, 1.82) is 0 Å². The van der Waals surface area contributed by atoms with E-state index in [-0.39, 0.29) is 5.91 Å². The summed E-state index contributed by atoms with van der Waals surface area (Å²) in [5.41, 5.74) is 6.14. The summed E-state index contributed by atoms with van der Waals surface area (Å²) in [7, 11) is 0. The van der Waals surface area contributed by atoms with Gasteiger partial charge in [0, 0.05) is 25.6 Å². The van der Waals surface area contributed by atoms with Crippen LogP contribution in [-0.4, -0.2) is 35.2 Å². The summed E-state index contributed by atoms with van der Waals surface area (Å²) in [6.45, 7) is 2.67. The van der Waals surface area contributed by atoms with E-state index in [1.54, 1.807) is 11.9 Å². The second kappa shape index (κ2) is 10.4. The molecule has 0 saturated carbocycles. The highest BCUT2D eigenvalue weighted by atomic mass is 16.3. The predicted molar refractivity (Wildman–Crippen MR) is 104 cm³/mol. The molecule has 0 spiro atoms. The number of nitrogens with zero attached hydrogens (tertiary/aromatic N) is 1. The summed E-state index contributed by atoms with van der Waals surface area (Å²) >= 11 is 0. The van der Waals surface area contributed by atoms with Crippen LogP contribution in [0, 0.1) is 12.3 Å². The number of hydrogen-bond acceptors (Lipinski definition) is 3. The molecule has 0 aliphatic heterocycles. The number of carbonyl (C=O) groups is 1. The van der Waals surface area contributed by atoms with E-state index in [0.717, 1.165) is 17.5 Å². The first-order valence-electron chi connectivity index (χ1n) is 8.87. The molecule has 0 fully saturated rings. The second-order valence-corrected chi connectivity index (χ2v) is 6.31. The Labute approximate surface area is 155 Å². The number of hydrazine groups is 1. The van der Waals surface area contributed by atoms with E-state index < -0.39 is 6.10 Å². The molecule has 26 heavy (non-hydrogen) atoms. The molecule has 0 aliphatic rings. The average molecular weight is 350 g/mol. The number of carbonyl (C=O) groups excluding carboxylic acids is 1. The minimum Gasteiger partial charge on any atom is -0.393 e. The SMILES string of the molecule is C#Cc1cccc(CC(O)CCNN(CCc2ccccc2)C(C)=O)c1. The highest BCUT2D eigenvalue weighted by molar-refractivity contribution is 5.72. The Kier molecular flexibility index (Phi) is 7.88. The zero-order valence-corrected chi connectivity index (χ0v) is 15.2. The number of nitrogens with one attached hydrogen (secondary N) is 1. The number of amides is 1. The van der Waals surface area contributed by atoms with Crippen LogP contribution >= 0.6 is 0 Å². The van der Waals surface area contributed by atoms with Gasteiger partial charge in [0.25, 0.3) is 0 Å². The molecule has 0 bridgehead atoms. The summed E-state index contributed by atoms with van der Waals surface area (Å²) < 4.78 is 0. The number of terminal acetylenes is 1. The van der Waals surface area contributed by atoms with Gasteiger partial charge in [-0.05, 0) is 42.5 Å². The van der Waals surface area contributed by atoms with Gasteiger partial charge in [-0.1, -0.05) is 48.4 Å². The van der Waals surface area contributed by atoms with E-state index in [9.17, 15) is 9.90 Å². The quantitative estimate of drug-likeness (QED) is 0.540. The Morgan fingerprint density at radius 2 is 1.92 bits per heavy atom. The Bertz CT molecular complexity index is 737. The van der Waals surface area contributed by atoms with Gasteiger partial charge in [-0.2, -0.15) is 0 Å². The molecule has 2 rings (SSSR count). The summed E-state index contributed by atoms with van der Waals surface area (Å²) in [6, 6.07) is 17.7. The highest BCUT2D eigenvalue weighted by Crippen LogP contribution is 2.09. The summed E-state index contributed by atoms with van der Waals surface area (Å²) in [4.78, 5) is 11.8. The maximum Gasteiger partial charge on any atom is 0.233 e. The first-order chi connectivity index (χ1) is 12.6. The molecule has 2 aromatic rings. The van der Waals surface area contributed by atoms with Crippen LogP contribution in [-0.2, 0) is 17.6 Å². The molecule has 1 unspecified atom stereocenters. The maximum atomic E-state index is 11.8. The Balaban J connectivity index is 1.76. The molecule has 136 valence electrons. The lowest BCUT2D eigenvalue weighted by Gasteiger charge is -2.23. The van der Waals surface area contributed by atoms with Crippen LogP contribution in [0.5, 0.6) is 0 Å². The first kappa shape index (κ1) is 19.7. The lowest BCUT2D eigenvalue weighted by Crippen LogP contribution is -2.44. The highest BCUT2D eigenvalue weighted by Gasteiger charge is 2.10.